The van der Waals surface area contributed by atoms with Crippen molar-refractivity contribution in [3.8, 4) is 17.2 Å². The van der Waals surface area contributed by atoms with E-state index < -0.39 is 10.8 Å². The molecule has 0 spiro atoms. The van der Waals surface area contributed by atoms with Crippen LogP contribution in [0.4, 0.5) is 5.69 Å². The van der Waals surface area contributed by atoms with Gasteiger partial charge in [-0.1, -0.05) is 0 Å². The van der Waals surface area contributed by atoms with Gasteiger partial charge in [0.2, 0.25) is 5.75 Å². The Bertz CT molecular complexity index is 849. The standard InChI is InChI=1S/C18H19N3O6/c1-3-26-16-10-12(9-15(21(24)25)17(16)27-4-2)11-19-20-18(23)13-5-7-14(22)8-6-13/h5-11,22H,3-4H2,1-2H3,(H,20,23)/b19-11-. The molecule has 0 atom stereocenters. The number of carbonyl (C=O) groups is 1. The number of amides is 1. The second-order valence-electron chi connectivity index (χ2n) is 5.24. The van der Waals surface area contributed by atoms with E-state index >= 15 is 0 Å². The number of nitrogens with zero attached hydrogens (tertiary/aromatic N) is 2. The van der Waals surface area contributed by atoms with Crippen LogP contribution in [0, 0.1) is 10.1 Å². The van der Waals surface area contributed by atoms with Crippen LogP contribution in [0.1, 0.15) is 29.8 Å². The molecule has 0 saturated heterocycles. The molecule has 2 rings (SSSR count). The van der Waals surface area contributed by atoms with Gasteiger partial charge in [-0.25, -0.2) is 5.43 Å². The van der Waals surface area contributed by atoms with Crippen LogP contribution in [0.15, 0.2) is 41.5 Å². The fraction of sp³-hybridized carbons (Fsp3) is 0.222. The number of phenolic OH excluding ortho intramolecular Hbond substituents is 1. The first-order valence-corrected chi connectivity index (χ1v) is 8.16. The van der Waals surface area contributed by atoms with E-state index in [1.54, 1.807) is 13.8 Å². The first kappa shape index (κ1) is 19.7. The smallest absolute Gasteiger partial charge is 0.315 e. The number of phenols is 1. The molecule has 9 heteroatoms. The number of hydrazone groups is 1. The molecule has 0 aromatic heterocycles. The van der Waals surface area contributed by atoms with E-state index in [1.165, 1.54) is 42.6 Å². The van der Waals surface area contributed by atoms with E-state index in [4.69, 9.17) is 9.47 Å². The van der Waals surface area contributed by atoms with Crippen molar-refractivity contribution in [3.63, 3.8) is 0 Å². The van der Waals surface area contributed by atoms with Gasteiger partial charge in [0, 0.05) is 17.2 Å². The van der Waals surface area contributed by atoms with Crippen LogP contribution in [-0.4, -0.2) is 35.4 Å². The summed E-state index contributed by atoms with van der Waals surface area (Å²) in [6, 6.07) is 8.46. The topological polar surface area (TPSA) is 123 Å². The van der Waals surface area contributed by atoms with Crippen molar-refractivity contribution in [2.45, 2.75) is 13.8 Å². The molecule has 2 aromatic rings. The largest absolute Gasteiger partial charge is 0.508 e. The van der Waals surface area contributed by atoms with Crippen molar-refractivity contribution >= 4 is 17.8 Å². The highest BCUT2D eigenvalue weighted by molar-refractivity contribution is 5.95. The summed E-state index contributed by atoms with van der Waals surface area (Å²) in [6.07, 6.45) is 1.27. The van der Waals surface area contributed by atoms with Crippen molar-refractivity contribution in [2.75, 3.05) is 13.2 Å². The second-order valence-corrected chi connectivity index (χ2v) is 5.24. The fourth-order valence-electron chi connectivity index (χ4n) is 2.21. The summed E-state index contributed by atoms with van der Waals surface area (Å²) in [5, 5.41) is 24.4. The second kappa shape index (κ2) is 9.18. The highest BCUT2D eigenvalue weighted by Gasteiger charge is 2.22. The normalized spacial score (nSPS) is 10.6. The lowest BCUT2D eigenvalue weighted by Crippen LogP contribution is -2.17. The summed E-state index contributed by atoms with van der Waals surface area (Å²) in [7, 11) is 0. The molecule has 2 aromatic carbocycles. The molecule has 9 nitrogen and oxygen atoms in total. The molecule has 0 aliphatic heterocycles. The van der Waals surface area contributed by atoms with E-state index in [-0.39, 0.29) is 29.5 Å². The Balaban J connectivity index is 2.24. The van der Waals surface area contributed by atoms with Gasteiger partial charge in [0.15, 0.2) is 5.75 Å². The quantitative estimate of drug-likeness (QED) is 0.417. The van der Waals surface area contributed by atoms with Crippen LogP contribution in [0.5, 0.6) is 17.2 Å². The minimum absolute atomic E-state index is 0.0419. The van der Waals surface area contributed by atoms with Crippen LogP contribution >= 0.6 is 0 Å². The molecule has 2 N–H and O–H groups in total. The average molecular weight is 373 g/mol. The summed E-state index contributed by atoms with van der Waals surface area (Å²) in [4.78, 5) is 22.7. The molecule has 0 unspecified atom stereocenters. The van der Waals surface area contributed by atoms with Gasteiger partial charge in [0.1, 0.15) is 5.75 Å². The van der Waals surface area contributed by atoms with Gasteiger partial charge in [-0.3, -0.25) is 14.9 Å². The minimum Gasteiger partial charge on any atom is -0.508 e. The Labute approximate surface area is 155 Å². The molecular weight excluding hydrogens is 354 g/mol. The molecule has 27 heavy (non-hydrogen) atoms. The van der Waals surface area contributed by atoms with E-state index in [0.717, 1.165) is 0 Å². The number of nitro groups is 1. The van der Waals surface area contributed by atoms with E-state index in [9.17, 15) is 20.0 Å². The van der Waals surface area contributed by atoms with Gasteiger partial charge >= 0.3 is 5.69 Å². The van der Waals surface area contributed by atoms with Gasteiger partial charge < -0.3 is 14.6 Å². The van der Waals surface area contributed by atoms with Crippen molar-refractivity contribution < 1.29 is 24.3 Å². The SMILES string of the molecule is CCOc1cc(/C=N\NC(=O)c2ccc(O)cc2)cc([N+](=O)[O-])c1OCC. The highest BCUT2D eigenvalue weighted by atomic mass is 16.6. The fourth-order valence-corrected chi connectivity index (χ4v) is 2.21. The zero-order valence-electron chi connectivity index (χ0n) is 14.8. The van der Waals surface area contributed by atoms with Gasteiger partial charge in [-0.2, -0.15) is 5.10 Å². The Morgan fingerprint density at radius 1 is 1.22 bits per heavy atom. The highest BCUT2D eigenvalue weighted by Crippen LogP contribution is 2.38. The molecule has 0 aliphatic carbocycles. The maximum Gasteiger partial charge on any atom is 0.315 e. The number of ether oxygens (including phenoxy) is 2. The number of rotatable bonds is 8. The molecule has 0 bridgehead atoms. The summed E-state index contributed by atoms with van der Waals surface area (Å²) < 4.78 is 10.8. The van der Waals surface area contributed by atoms with Crippen molar-refractivity contribution in [1.29, 1.82) is 0 Å². The lowest BCUT2D eigenvalue weighted by Gasteiger charge is -2.11. The maximum atomic E-state index is 12.0. The van der Waals surface area contributed by atoms with Gasteiger partial charge in [-0.05, 0) is 44.2 Å². The first-order valence-electron chi connectivity index (χ1n) is 8.16. The van der Waals surface area contributed by atoms with Gasteiger partial charge in [0.05, 0.1) is 24.4 Å². The number of carbonyl (C=O) groups excluding carboxylic acids is 1. The molecule has 0 radical (unpaired) electrons. The summed E-state index contributed by atoms with van der Waals surface area (Å²) in [5.41, 5.74) is 2.72. The molecule has 0 fully saturated rings. The monoisotopic (exact) mass is 373 g/mol. The molecule has 0 aliphatic rings. The number of aromatic hydroxyl groups is 1. The number of nitrogens with one attached hydrogen (secondary N) is 1. The zero-order valence-corrected chi connectivity index (χ0v) is 14.8. The van der Waals surface area contributed by atoms with Crippen molar-refractivity contribution in [2.24, 2.45) is 5.10 Å². The Morgan fingerprint density at radius 2 is 1.89 bits per heavy atom. The third kappa shape index (κ3) is 5.18. The number of hydrogen-bond donors (Lipinski definition) is 2. The molecule has 142 valence electrons. The first-order chi connectivity index (χ1) is 13.0. The van der Waals surface area contributed by atoms with Crippen LogP contribution in [0.3, 0.4) is 0 Å². The predicted molar refractivity (Wildman–Crippen MR) is 98.6 cm³/mol. The average Bonchev–Trinajstić information content (AvgIpc) is 2.64. The summed E-state index contributed by atoms with van der Waals surface area (Å²) >= 11 is 0. The van der Waals surface area contributed by atoms with E-state index in [2.05, 4.69) is 10.5 Å². The van der Waals surface area contributed by atoms with Crippen LogP contribution in [-0.2, 0) is 0 Å². The molecule has 0 heterocycles. The number of hydrogen-bond acceptors (Lipinski definition) is 7. The summed E-state index contributed by atoms with van der Waals surface area (Å²) in [6.45, 7) is 4.01. The van der Waals surface area contributed by atoms with Crippen LogP contribution in [0.25, 0.3) is 0 Å². The van der Waals surface area contributed by atoms with E-state index in [1.807, 2.05) is 0 Å². The lowest BCUT2D eigenvalue weighted by atomic mass is 10.2. The Kier molecular flexibility index (Phi) is 6.70. The number of nitro benzene ring substituents is 1. The van der Waals surface area contributed by atoms with Crippen molar-refractivity contribution in [3.05, 3.63) is 57.6 Å². The molecular formula is C18H19N3O6. The van der Waals surface area contributed by atoms with E-state index in [0.29, 0.717) is 17.7 Å². The lowest BCUT2D eigenvalue weighted by molar-refractivity contribution is -0.385. The minimum atomic E-state index is -0.570. The zero-order chi connectivity index (χ0) is 19.8. The number of benzene rings is 2. The Hall–Kier alpha value is -3.62. The maximum absolute atomic E-state index is 12.0. The predicted octanol–water partition coefficient (Wildman–Crippen LogP) is 2.86. The third-order valence-electron chi connectivity index (χ3n) is 3.35. The van der Waals surface area contributed by atoms with Crippen LogP contribution < -0.4 is 14.9 Å². The van der Waals surface area contributed by atoms with Gasteiger partial charge in [0.25, 0.3) is 5.91 Å². The molecule has 1 amide bonds. The van der Waals surface area contributed by atoms with Crippen LogP contribution in [0.2, 0.25) is 0 Å². The van der Waals surface area contributed by atoms with Crippen molar-refractivity contribution in [1.82, 2.24) is 5.43 Å². The summed E-state index contributed by atoms with van der Waals surface area (Å²) in [5.74, 6) is -0.175. The third-order valence-corrected chi connectivity index (χ3v) is 3.35. The molecule has 0 saturated carbocycles. The van der Waals surface area contributed by atoms with Gasteiger partial charge in [-0.15, -0.1) is 0 Å². The Morgan fingerprint density at radius 3 is 2.48 bits per heavy atom.